The molecule has 0 spiro atoms. The van der Waals surface area contributed by atoms with Crippen molar-refractivity contribution in [1.29, 1.82) is 0 Å². The maximum atomic E-state index is 3.42. The average molecular weight is 185 g/mol. The molecule has 0 atom stereocenters. The first kappa shape index (κ1) is 9.07. The van der Waals surface area contributed by atoms with E-state index >= 15 is 0 Å². The first-order valence-electron chi connectivity index (χ1n) is 5.05. The molecule has 0 fully saturated rings. The quantitative estimate of drug-likeness (QED) is 0.707. The van der Waals surface area contributed by atoms with E-state index in [-0.39, 0.29) is 0 Å². The number of rotatable bonds is 1. The Morgan fingerprint density at radius 2 is 1.71 bits per heavy atom. The smallest absolute Gasteiger partial charge is 0.0414 e. The maximum Gasteiger partial charge on any atom is 0.0414 e. The Bertz CT molecular complexity index is 360. The van der Waals surface area contributed by atoms with Gasteiger partial charge in [0.05, 0.1) is 0 Å². The summed E-state index contributed by atoms with van der Waals surface area (Å²) in [4.78, 5) is 0. The van der Waals surface area contributed by atoms with Crippen LogP contribution in [0.3, 0.4) is 0 Å². The molecule has 1 N–H and O–H groups in total. The summed E-state index contributed by atoms with van der Waals surface area (Å²) in [5.74, 6) is 0. The summed E-state index contributed by atoms with van der Waals surface area (Å²) in [5, 5.41) is 3.42. The summed E-state index contributed by atoms with van der Waals surface area (Å²) < 4.78 is 0. The van der Waals surface area contributed by atoms with Gasteiger partial charge in [-0.1, -0.05) is 42.5 Å². The molecule has 0 radical (unpaired) electrons. The number of nitrogens with one attached hydrogen (secondary N) is 1. The minimum Gasteiger partial charge on any atom is -0.359 e. The van der Waals surface area contributed by atoms with Crippen LogP contribution in [-0.2, 0) is 0 Å². The monoisotopic (exact) mass is 185 g/mol. The van der Waals surface area contributed by atoms with Gasteiger partial charge >= 0.3 is 0 Å². The van der Waals surface area contributed by atoms with E-state index in [1.54, 1.807) is 0 Å². The van der Waals surface area contributed by atoms with Crippen molar-refractivity contribution in [2.24, 2.45) is 0 Å². The van der Waals surface area contributed by atoms with Crippen LogP contribution in [0.15, 0.2) is 48.2 Å². The van der Waals surface area contributed by atoms with Crippen molar-refractivity contribution in [2.75, 3.05) is 0 Å². The van der Waals surface area contributed by atoms with Crippen LogP contribution in [0.5, 0.6) is 0 Å². The van der Waals surface area contributed by atoms with Crippen molar-refractivity contribution >= 4 is 5.70 Å². The van der Waals surface area contributed by atoms with Gasteiger partial charge in [0.1, 0.15) is 0 Å². The van der Waals surface area contributed by atoms with Crippen molar-refractivity contribution in [3.8, 4) is 0 Å². The van der Waals surface area contributed by atoms with E-state index in [0.29, 0.717) is 0 Å². The van der Waals surface area contributed by atoms with Gasteiger partial charge in [0.25, 0.3) is 0 Å². The molecule has 1 aliphatic rings. The van der Waals surface area contributed by atoms with Crippen LogP contribution < -0.4 is 5.32 Å². The van der Waals surface area contributed by atoms with Crippen molar-refractivity contribution in [1.82, 2.24) is 5.32 Å². The lowest BCUT2D eigenvalue weighted by Crippen LogP contribution is -2.08. The third-order valence-corrected chi connectivity index (χ3v) is 2.38. The molecule has 0 aliphatic carbocycles. The Morgan fingerprint density at radius 1 is 1.00 bits per heavy atom. The fraction of sp³-hybridized carbons (Fsp3) is 0.231. The summed E-state index contributed by atoms with van der Waals surface area (Å²) in [6.07, 6.45) is 6.76. The number of benzene rings is 1. The number of allylic oxidation sites excluding steroid dienone is 3. The van der Waals surface area contributed by atoms with E-state index < -0.39 is 0 Å². The maximum absolute atomic E-state index is 3.42. The Morgan fingerprint density at radius 3 is 2.50 bits per heavy atom. The Kier molecular flexibility index (Phi) is 2.68. The zero-order valence-corrected chi connectivity index (χ0v) is 8.46. The van der Waals surface area contributed by atoms with E-state index in [1.807, 2.05) is 6.07 Å². The van der Waals surface area contributed by atoms with Gasteiger partial charge in [-0.25, -0.2) is 0 Å². The van der Waals surface area contributed by atoms with E-state index in [2.05, 4.69) is 48.7 Å². The fourth-order valence-corrected chi connectivity index (χ4v) is 1.65. The second kappa shape index (κ2) is 4.14. The highest BCUT2D eigenvalue weighted by Crippen LogP contribution is 2.17. The minimum atomic E-state index is 1.12. The molecule has 72 valence electrons. The largest absolute Gasteiger partial charge is 0.359 e. The fourth-order valence-electron chi connectivity index (χ4n) is 1.65. The molecule has 1 nitrogen and oxygen atoms in total. The first-order chi connectivity index (χ1) is 6.86. The number of hydrogen-bond donors (Lipinski definition) is 1. The van der Waals surface area contributed by atoms with Gasteiger partial charge in [0.15, 0.2) is 0 Å². The molecule has 0 saturated heterocycles. The highest BCUT2D eigenvalue weighted by molar-refractivity contribution is 5.65. The Labute approximate surface area is 85.2 Å². The van der Waals surface area contributed by atoms with E-state index in [4.69, 9.17) is 0 Å². The first-order valence-corrected chi connectivity index (χ1v) is 5.05. The van der Waals surface area contributed by atoms with Crippen LogP contribution in [-0.4, -0.2) is 0 Å². The SMILES string of the molecule is CC1=CCCC=C(c2ccccc2)N1. The van der Waals surface area contributed by atoms with Crippen LogP contribution in [0, 0.1) is 0 Å². The average Bonchev–Trinajstić information content (AvgIpc) is 2.44. The van der Waals surface area contributed by atoms with Crippen LogP contribution in [0.4, 0.5) is 0 Å². The van der Waals surface area contributed by atoms with Gasteiger partial charge < -0.3 is 5.32 Å². The van der Waals surface area contributed by atoms with Gasteiger partial charge in [0, 0.05) is 11.4 Å². The predicted molar refractivity (Wildman–Crippen MR) is 60.5 cm³/mol. The molecular formula is C13H15N. The van der Waals surface area contributed by atoms with Crippen LogP contribution in [0.2, 0.25) is 0 Å². The van der Waals surface area contributed by atoms with Crippen LogP contribution in [0.1, 0.15) is 25.3 Å². The molecule has 1 aromatic rings. The third kappa shape index (κ3) is 2.05. The topological polar surface area (TPSA) is 12.0 Å². The highest BCUT2D eigenvalue weighted by atomic mass is 14.9. The lowest BCUT2D eigenvalue weighted by molar-refractivity contribution is 1.03. The summed E-state index contributed by atoms with van der Waals surface area (Å²) in [6, 6.07) is 10.5. The lowest BCUT2D eigenvalue weighted by atomic mass is 10.1. The lowest BCUT2D eigenvalue weighted by Gasteiger charge is -2.09. The van der Waals surface area contributed by atoms with Crippen molar-refractivity contribution in [2.45, 2.75) is 19.8 Å². The zero-order chi connectivity index (χ0) is 9.80. The molecule has 2 rings (SSSR count). The minimum absolute atomic E-state index is 1.12. The van der Waals surface area contributed by atoms with Crippen molar-refractivity contribution in [3.05, 3.63) is 53.7 Å². The molecule has 14 heavy (non-hydrogen) atoms. The molecule has 0 amide bonds. The molecular weight excluding hydrogens is 170 g/mol. The van der Waals surface area contributed by atoms with Gasteiger partial charge in [0.2, 0.25) is 0 Å². The molecule has 0 aromatic heterocycles. The normalized spacial score (nSPS) is 16.4. The summed E-state index contributed by atoms with van der Waals surface area (Å²) >= 11 is 0. The Balaban J connectivity index is 2.26. The molecule has 1 heterocycles. The van der Waals surface area contributed by atoms with E-state index in [1.165, 1.54) is 17.0 Å². The summed E-state index contributed by atoms with van der Waals surface area (Å²) in [6.45, 7) is 2.11. The van der Waals surface area contributed by atoms with Crippen molar-refractivity contribution in [3.63, 3.8) is 0 Å². The number of hydrogen-bond acceptors (Lipinski definition) is 1. The van der Waals surface area contributed by atoms with Gasteiger partial charge in [-0.3, -0.25) is 0 Å². The zero-order valence-electron chi connectivity index (χ0n) is 8.46. The summed E-state index contributed by atoms with van der Waals surface area (Å²) in [7, 11) is 0. The second-order valence-corrected chi connectivity index (χ2v) is 3.57. The molecule has 0 bridgehead atoms. The van der Waals surface area contributed by atoms with Gasteiger partial charge in [-0.2, -0.15) is 0 Å². The standard InChI is InChI=1S/C13H15N/c1-11-7-5-6-10-13(14-11)12-8-3-2-4-9-12/h2-4,7-10,14H,5-6H2,1H3. The van der Waals surface area contributed by atoms with Crippen LogP contribution in [0.25, 0.3) is 5.70 Å². The highest BCUT2D eigenvalue weighted by Gasteiger charge is 2.02. The molecule has 1 aliphatic heterocycles. The molecule has 1 aromatic carbocycles. The van der Waals surface area contributed by atoms with Crippen molar-refractivity contribution < 1.29 is 0 Å². The predicted octanol–water partition coefficient (Wildman–Crippen LogP) is 3.31. The van der Waals surface area contributed by atoms with E-state index in [9.17, 15) is 0 Å². The molecule has 0 saturated carbocycles. The Hall–Kier alpha value is -1.50. The second-order valence-electron chi connectivity index (χ2n) is 3.57. The van der Waals surface area contributed by atoms with Gasteiger partial charge in [-0.15, -0.1) is 0 Å². The van der Waals surface area contributed by atoms with Gasteiger partial charge in [-0.05, 0) is 25.3 Å². The third-order valence-electron chi connectivity index (χ3n) is 2.38. The molecule has 0 unspecified atom stereocenters. The van der Waals surface area contributed by atoms with E-state index in [0.717, 1.165) is 12.8 Å². The summed E-state index contributed by atoms with van der Waals surface area (Å²) in [5.41, 5.74) is 3.75. The molecule has 1 heteroatoms. The van der Waals surface area contributed by atoms with Crippen LogP contribution >= 0.6 is 0 Å².